The van der Waals surface area contributed by atoms with Crippen molar-refractivity contribution >= 4 is 11.8 Å². The van der Waals surface area contributed by atoms with Crippen LogP contribution in [0.25, 0.3) is 5.82 Å². The molecule has 8 heteroatoms. The van der Waals surface area contributed by atoms with Crippen LogP contribution in [0.5, 0.6) is 11.6 Å². The molecule has 3 aromatic rings. The molecule has 0 atom stereocenters. The van der Waals surface area contributed by atoms with Crippen molar-refractivity contribution in [1.82, 2.24) is 19.7 Å². The van der Waals surface area contributed by atoms with Gasteiger partial charge in [-0.15, -0.1) is 0 Å². The van der Waals surface area contributed by atoms with Gasteiger partial charge in [0.25, 0.3) is 0 Å². The topological polar surface area (TPSA) is 96.2 Å². The summed E-state index contributed by atoms with van der Waals surface area (Å²) < 4.78 is 11.9. The number of Topliss-reactive ketones (excluding diaryl/α,β-unsaturated/α-hetero) is 1. The summed E-state index contributed by atoms with van der Waals surface area (Å²) in [6.07, 6.45) is 2.86. The van der Waals surface area contributed by atoms with E-state index in [0.29, 0.717) is 34.3 Å². The Morgan fingerprint density at radius 3 is 2.46 bits per heavy atom. The lowest BCUT2D eigenvalue weighted by molar-refractivity contribution is 0.0600. The van der Waals surface area contributed by atoms with Crippen molar-refractivity contribution < 1.29 is 19.1 Å². The Labute approximate surface area is 149 Å². The van der Waals surface area contributed by atoms with Crippen molar-refractivity contribution in [3.8, 4) is 17.4 Å². The van der Waals surface area contributed by atoms with Gasteiger partial charge < -0.3 is 9.47 Å². The highest BCUT2D eigenvalue weighted by Gasteiger charge is 2.13. The third-order valence-corrected chi connectivity index (χ3v) is 3.73. The smallest absolute Gasteiger partial charge is 0.337 e. The van der Waals surface area contributed by atoms with Crippen molar-refractivity contribution in [1.29, 1.82) is 0 Å². The third kappa shape index (κ3) is 3.44. The van der Waals surface area contributed by atoms with E-state index >= 15 is 0 Å². The van der Waals surface area contributed by atoms with Gasteiger partial charge in [0.05, 0.1) is 30.1 Å². The number of carbonyl (C=O) groups excluding carboxylic acids is 2. The van der Waals surface area contributed by atoms with E-state index in [9.17, 15) is 9.59 Å². The zero-order valence-corrected chi connectivity index (χ0v) is 14.5. The Hall–Kier alpha value is -3.55. The Morgan fingerprint density at radius 1 is 1.12 bits per heavy atom. The van der Waals surface area contributed by atoms with Crippen molar-refractivity contribution in [2.75, 3.05) is 7.11 Å². The van der Waals surface area contributed by atoms with Crippen LogP contribution in [0.4, 0.5) is 0 Å². The maximum Gasteiger partial charge on any atom is 0.337 e. The van der Waals surface area contributed by atoms with E-state index in [1.54, 1.807) is 41.9 Å². The highest BCUT2D eigenvalue weighted by Crippen LogP contribution is 2.22. The summed E-state index contributed by atoms with van der Waals surface area (Å²) >= 11 is 0. The number of methoxy groups -OCH3 is 1. The third-order valence-electron chi connectivity index (χ3n) is 3.73. The van der Waals surface area contributed by atoms with E-state index in [4.69, 9.17) is 4.74 Å². The number of nitrogens with zero attached hydrogens (tertiary/aromatic N) is 4. The van der Waals surface area contributed by atoms with Crippen LogP contribution >= 0.6 is 0 Å². The van der Waals surface area contributed by atoms with Gasteiger partial charge in [0, 0.05) is 6.07 Å². The molecule has 0 saturated carbocycles. The van der Waals surface area contributed by atoms with Gasteiger partial charge in [-0.25, -0.2) is 19.4 Å². The summed E-state index contributed by atoms with van der Waals surface area (Å²) in [6, 6.07) is 8.08. The fraction of sp³-hybridized carbons (Fsp3) is 0.167. The normalized spacial score (nSPS) is 10.4. The number of ether oxygens (including phenoxy) is 2. The first-order valence-electron chi connectivity index (χ1n) is 7.74. The minimum absolute atomic E-state index is 0.0648. The van der Waals surface area contributed by atoms with Gasteiger partial charge in [-0.2, -0.15) is 5.10 Å². The minimum atomic E-state index is -0.420. The standard InChI is InChI=1S/C18H16N4O4/c1-11-15(12(2)23)9-21-22(11)16-8-17(20-10-19-16)26-14-6-4-13(5-7-14)18(24)25-3/h4-10H,1-3H3. The van der Waals surface area contributed by atoms with Crippen LogP contribution < -0.4 is 4.74 Å². The average molecular weight is 352 g/mol. The molecule has 0 radical (unpaired) electrons. The van der Waals surface area contributed by atoms with Crippen molar-refractivity contribution in [3.05, 3.63) is 59.7 Å². The molecule has 2 aromatic heterocycles. The van der Waals surface area contributed by atoms with Gasteiger partial charge >= 0.3 is 5.97 Å². The minimum Gasteiger partial charge on any atom is -0.465 e. The second-order valence-corrected chi connectivity index (χ2v) is 5.44. The number of carbonyl (C=O) groups is 2. The monoisotopic (exact) mass is 352 g/mol. The fourth-order valence-electron chi connectivity index (χ4n) is 2.39. The van der Waals surface area contributed by atoms with Crippen LogP contribution in [-0.4, -0.2) is 38.6 Å². The number of ketones is 1. The molecule has 0 aliphatic heterocycles. The maximum atomic E-state index is 11.6. The van der Waals surface area contributed by atoms with Crippen LogP contribution in [-0.2, 0) is 4.74 Å². The number of hydrogen-bond acceptors (Lipinski definition) is 7. The van der Waals surface area contributed by atoms with Gasteiger partial charge in [0.1, 0.15) is 12.1 Å². The molecule has 0 aliphatic rings. The summed E-state index contributed by atoms with van der Waals surface area (Å²) in [5.41, 5.74) is 1.64. The van der Waals surface area contributed by atoms with Gasteiger partial charge in [0.15, 0.2) is 11.6 Å². The van der Waals surface area contributed by atoms with E-state index < -0.39 is 5.97 Å². The fourth-order valence-corrected chi connectivity index (χ4v) is 2.39. The Morgan fingerprint density at radius 2 is 1.85 bits per heavy atom. The van der Waals surface area contributed by atoms with Crippen LogP contribution in [0.15, 0.2) is 42.9 Å². The van der Waals surface area contributed by atoms with Gasteiger partial charge in [-0.05, 0) is 38.1 Å². The highest BCUT2D eigenvalue weighted by molar-refractivity contribution is 5.95. The lowest BCUT2D eigenvalue weighted by Crippen LogP contribution is -2.04. The molecule has 0 saturated heterocycles. The Balaban J connectivity index is 1.84. The van der Waals surface area contributed by atoms with Crippen molar-refractivity contribution in [3.63, 3.8) is 0 Å². The highest BCUT2D eigenvalue weighted by atomic mass is 16.5. The molecular weight excluding hydrogens is 336 g/mol. The molecule has 0 spiro atoms. The molecule has 0 amide bonds. The second-order valence-electron chi connectivity index (χ2n) is 5.44. The molecule has 0 bridgehead atoms. The largest absolute Gasteiger partial charge is 0.465 e. The zero-order valence-electron chi connectivity index (χ0n) is 14.5. The molecule has 8 nitrogen and oxygen atoms in total. The molecular formula is C18H16N4O4. The summed E-state index contributed by atoms with van der Waals surface area (Å²) in [5.74, 6) is 0.802. The van der Waals surface area contributed by atoms with Gasteiger partial charge in [0.2, 0.25) is 5.88 Å². The molecule has 2 heterocycles. The molecule has 0 fully saturated rings. The van der Waals surface area contributed by atoms with E-state index in [1.807, 2.05) is 0 Å². The number of esters is 1. The molecule has 1 aromatic carbocycles. The van der Waals surface area contributed by atoms with Gasteiger partial charge in [-0.3, -0.25) is 4.79 Å². The van der Waals surface area contributed by atoms with Crippen LogP contribution in [0, 0.1) is 6.92 Å². The predicted molar refractivity (Wildman–Crippen MR) is 91.8 cm³/mol. The van der Waals surface area contributed by atoms with E-state index in [2.05, 4.69) is 19.8 Å². The van der Waals surface area contributed by atoms with E-state index in [1.165, 1.54) is 26.6 Å². The molecule has 26 heavy (non-hydrogen) atoms. The summed E-state index contributed by atoms with van der Waals surface area (Å²) in [4.78, 5) is 31.3. The molecule has 0 unspecified atom stereocenters. The summed E-state index contributed by atoms with van der Waals surface area (Å²) in [7, 11) is 1.32. The Bertz CT molecular complexity index is 964. The van der Waals surface area contributed by atoms with E-state index in [0.717, 1.165) is 0 Å². The molecule has 132 valence electrons. The quantitative estimate of drug-likeness (QED) is 0.514. The summed E-state index contributed by atoms with van der Waals surface area (Å²) in [6.45, 7) is 3.28. The summed E-state index contributed by atoms with van der Waals surface area (Å²) in [5, 5.41) is 4.19. The lowest BCUT2D eigenvalue weighted by Gasteiger charge is -2.08. The maximum absolute atomic E-state index is 11.6. The predicted octanol–water partition coefficient (Wildman–Crippen LogP) is 2.75. The van der Waals surface area contributed by atoms with Crippen molar-refractivity contribution in [2.24, 2.45) is 0 Å². The molecule has 0 aliphatic carbocycles. The lowest BCUT2D eigenvalue weighted by atomic mass is 10.2. The average Bonchev–Trinajstić information content (AvgIpc) is 3.03. The zero-order chi connectivity index (χ0) is 18.7. The number of hydrogen-bond donors (Lipinski definition) is 0. The first-order chi connectivity index (χ1) is 12.5. The first-order valence-corrected chi connectivity index (χ1v) is 7.74. The number of aromatic nitrogens is 4. The van der Waals surface area contributed by atoms with Crippen LogP contribution in [0.2, 0.25) is 0 Å². The van der Waals surface area contributed by atoms with Crippen molar-refractivity contribution in [2.45, 2.75) is 13.8 Å². The molecule has 3 rings (SSSR count). The number of benzene rings is 1. The SMILES string of the molecule is COC(=O)c1ccc(Oc2cc(-n3ncc(C(C)=O)c3C)ncn2)cc1. The Kier molecular flexibility index (Phi) is 4.74. The molecule has 0 N–H and O–H groups in total. The number of rotatable bonds is 5. The van der Waals surface area contributed by atoms with Crippen LogP contribution in [0.1, 0.15) is 33.3 Å². The van der Waals surface area contributed by atoms with E-state index in [-0.39, 0.29) is 5.78 Å². The van der Waals surface area contributed by atoms with Crippen LogP contribution in [0.3, 0.4) is 0 Å². The first kappa shape index (κ1) is 17.3. The second kappa shape index (κ2) is 7.14. The van der Waals surface area contributed by atoms with Gasteiger partial charge in [-0.1, -0.05) is 0 Å².